The smallest absolute Gasteiger partial charge is 0.339 e. The Balaban J connectivity index is 2.11. The molecule has 29 heavy (non-hydrogen) atoms. The number of esters is 1. The van der Waals surface area contributed by atoms with Crippen LogP contribution in [0.3, 0.4) is 0 Å². The molecule has 0 saturated heterocycles. The molecule has 0 spiro atoms. The van der Waals surface area contributed by atoms with Crippen LogP contribution in [0.2, 0.25) is 10.0 Å². The van der Waals surface area contributed by atoms with Crippen molar-refractivity contribution in [3.05, 3.63) is 63.6 Å². The van der Waals surface area contributed by atoms with Crippen LogP contribution < -0.4 is 5.32 Å². The molecule has 0 heterocycles. The SMILES string of the molecule is CCOC(=O)c1ccc(NC(=O)CN(Cc2ccccc2Cl)S(C)(=O)=O)cc1Cl. The maximum Gasteiger partial charge on any atom is 0.339 e. The zero-order valence-corrected chi connectivity index (χ0v) is 18.1. The summed E-state index contributed by atoms with van der Waals surface area (Å²) in [6.07, 6.45) is 1.02. The van der Waals surface area contributed by atoms with E-state index in [4.69, 9.17) is 27.9 Å². The van der Waals surface area contributed by atoms with Crippen LogP contribution in [0.5, 0.6) is 0 Å². The van der Waals surface area contributed by atoms with Gasteiger partial charge >= 0.3 is 5.97 Å². The Hall–Kier alpha value is -2.13. The van der Waals surface area contributed by atoms with Gasteiger partial charge in [-0.15, -0.1) is 0 Å². The molecule has 2 rings (SSSR count). The molecule has 0 aliphatic carbocycles. The Morgan fingerprint density at radius 3 is 2.38 bits per heavy atom. The summed E-state index contributed by atoms with van der Waals surface area (Å²) in [6.45, 7) is 1.42. The highest BCUT2D eigenvalue weighted by Gasteiger charge is 2.22. The van der Waals surface area contributed by atoms with Crippen LogP contribution >= 0.6 is 23.2 Å². The number of nitrogens with one attached hydrogen (secondary N) is 1. The molecule has 156 valence electrons. The van der Waals surface area contributed by atoms with E-state index in [1.807, 2.05) is 0 Å². The molecule has 0 unspecified atom stereocenters. The highest BCUT2D eigenvalue weighted by Crippen LogP contribution is 2.22. The van der Waals surface area contributed by atoms with Gasteiger partial charge in [-0.3, -0.25) is 4.79 Å². The monoisotopic (exact) mass is 458 g/mol. The third-order valence-electron chi connectivity index (χ3n) is 3.84. The van der Waals surface area contributed by atoms with E-state index in [9.17, 15) is 18.0 Å². The van der Waals surface area contributed by atoms with Gasteiger partial charge in [0.25, 0.3) is 0 Å². The van der Waals surface area contributed by atoms with Crippen molar-refractivity contribution in [1.82, 2.24) is 4.31 Å². The van der Waals surface area contributed by atoms with Gasteiger partial charge in [0.1, 0.15) is 0 Å². The maximum atomic E-state index is 12.4. The average Bonchev–Trinajstić information content (AvgIpc) is 2.62. The van der Waals surface area contributed by atoms with Crippen LogP contribution in [0.4, 0.5) is 5.69 Å². The minimum atomic E-state index is -3.67. The Labute approximate surface area is 179 Å². The number of rotatable bonds is 8. The summed E-state index contributed by atoms with van der Waals surface area (Å²) in [4.78, 5) is 24.2. The van der Waals surface area contributed by atoms with Gasteiger partial charge < -0.3 is 10.1 Å². The highest BCUT2D eigenvalue weighted by atomic mass is 35.5. The largest absolute Gasteiger partial charge is 0.462 e. The lowest BCUT2D eigenvalue weighted by Crippen LogP contribution is -2.37. The Bertz CT molecular complexity index is 1010. The molecule has 2 aromatic carbocycles. The molecule has 0 bridgehead atoms. The molecule has 0 fully saturated rings. The normalized spacial score (nSPS) is 11.3. The summed E-state index contributed by atoms with van der Waals surface area (Å²) in [5.74, 6) is -1.14. The van der Waals surface area contributed by atoms with Crippen LogP contribution in [0, 0.1) is 0 Å². The van der Waals surface area contributed by atoms with Crippen molar-refractivity contribution in [3.63, 3.8) is 0 Å². The third kappa shape index (κ3) is 6.71. The fraction of sp³-hybridized carbons (Fsp3) is 0.263. The average molecular weight is 459 g/mol. The van der Waals surface area contributed by atoms with Crippen LogP contribution in [-0.2, 0) is 26.1 Å². The molecule has 1 amide bonds. The van der Waals surface area contributed by atoms with Crippen molar-refractivity contribution in [2.45, 2.75) is 13.5 Å². The lowest BCUT2D eigenvalue weighted by molar-refractivity contribution is -0.116. The van der Waals surface area contributed by atoms with Gasteiger partial charge in [-0.1, -0.05) is 41.4 Å². The highest BCUT2D eigenvalue weighted by molar-refractivity contribution is 7.88. The number of benzene rings is 2. The van der Waals surface area contributed by atoms with Crippen molar-refractivity contribution in [1.29, 1.82) is 0 Å². The van der Waals surface area contributed by atoms with E-state index in [2.05, 4.69) is 5.32 Å². The van der Waals surface area contributed by atoms with Crippen molar-refractivity contribution in [2.75, 3.05) is 24.7 Å². The lowest BCUT2D eigenvalue weighted by atomic mass is 10.2. The van der Waals surface area contributed by atoms with Crippen LogP contribution in [0.1, 0.15) is 22.8 Å². The minimum absolute atomic E-state index is 0.0471. The second-order valence-corrected chi connectivity index (χ2v) is 8.88. The summed E-state index contributed by atoms with van der Waals surface area (Å²) in [5.41, 5.74) is 1.07. The van der Waals surface area contributed by atoms with E-state index in [-0.39, 0.29) is 23.7 Å². The molecule has 0 atom stereocenters. The number of ether oxygens (including phenoxy) is 1. The van der Waals surface area contributed by atoms with Crippen LogP contribution in [0.25, 0.3) is 0 Å². The predicted octanol–water partition coefficient (Wildman–Crippen LogP) is 3.57. The summed E-state index contributed by atoms with van der Waals surface area (Å²) in [6, 6.07) is 11.1. The number of anilines is 1. The first-order chi connectivity index (χ1) is 13.6. The number of sulfonamides is 1. The van der Waals surface area contributed by atoms with E-state index in [0.29, 0.717) is 16.3 Å². The molecular formula is C19H20Cl2N2O5S. The van der Waals surface area contributed by atoms with Gasteiger partial charge in [-0.2, -0.15) is 4.31 Å². The van der Waals surface area contributed by atoms with Gasteiger partial charge in [0.05, 0.1) is 30.0 Å². The van der Waals surface area contributed by atoms with E-state index >= 15 is 0 Å². The predicted molar refractivity (Wildman–Crippen MR) is 113 cm³/mol. The van der Waals surface area contributed by atoms with Gasteiger partial charge in [0.15, 0.2) is 0 Å². The van der Waals surface area contributed by atoms with E-state index in [1.165, 1.54) is 18.2 Å². The quantitative estimate of drug-likeness (QED) is 0.610. The number of nitrogens with zero attached hydrogens (tertiary/aromatic N) is 1. The fourth-order valence-electron chi connectivity index (χ4n) is 2.43. The minimum Gasteiger partial charge on any atom is -0.462 e. The van der Waals surface area contributed by atoms with Crippen molar-refractivity contribution in [2.24, 2.45) is 0 Å². The van der Waals surface area contributed by atoms with Gasteiger partial charge in [0.2, 0.25) is 15.9 Å². The number of hydrogen-bond acceptors (Lipinski definition) is 5. The van der Waals surface area contributed by atoms with E-state index in [0.717, 1.165) is 10.6 Å². The Morgan fingerprint density at radius 1 is 1.10 bits per heavy atom. The van der Waals surface area contributed by atoms with Gasteiger partial charge in [-0.05, 0) is 36.8 Å². The first kappa shape index (κ1) is 23.2. The number of amides is 1. The number of carbonyl (C=O) groups excluding carboxylic acids is 2. The fourth-order valence-corrected chi connectivity index (χ4v) is 3.61. The van der Waals surface area contributed by atoms with Crippen molar-refractivity contribution < 1.29 is 22.7 Å². The first-order valence-electron chi connectivity index (χ1n) is 8.57. The summed E-state index contributed by atoms with van der Waals surface area (Å²) >= 11 is 12.2. The number of halogens is 2. The van der Waals surface area contributed by atoms with Crippen molar-refractivity contribution in [3.8, 4) is 0 Å². The molecular weight excluding hydrogens is 439 g/mol. The van der Waals surface area contributed by atoms with Gasteiger partial charge in [0, 0.05) is 17.3 Å². The second kappa shape index (κ2) is 10.1. The maximum absolute atomic E-state index is 12.4. The van der Waals surface area contributed by atoms with Crippen molar-refractivity contribution >= 4 is 50.8 Å². The first-order valence-corrected chi connectivity index (χ1v) is 11.2. The Kier molecular flexibility index (Phi) is 8.04. The lowest BCUT2D eigenvalue weighted by Gasteiger charge is -2.20. The standard InChI is InChI=1S/C19H20Cl2N2O5S/c1-3-28-19(25)15-9-8-14(10-17(15)21)22-18(24)12-23(29(2,26)27)11-13-6-4-5-7-16(13)20/h4-10H,3,11-12H2,1-2H3,(H,22,24). The molecule has 2 aromatic rings. The van der Waals surface area contributed by atoms with E-state index < -0.39 is 28.4 Å². The van der Waals surface area contributed by atoms with Gasteiger partial charge in [-0.25, -0.2) is 13.2 Å². The molecule has 0 saturated carbocycles. The van der Waals surface area contributed by atoms with Crippen LogP contribution in [-0.4, -0.2) is 44.0 Å². The number of carbonyl (C=O) groups is 2. The van der Waals surface area contributed by atoms with E-state index in [1.54, 1.807) is 31.2 Å². The zero-order chi connectivity index (χ0) is 21.6. The third-order valence-corrected chi connectivity index (χ3v) is 5.72. The summed E-state index contributed by atoms with van der Waals surface area (Å²) < 4.78 is 30.1. The molecule has 0 radical (unpaired) electrons. The summed E-state index contributed by atoms with van der Waals surface area (Å²) in [5, 5.41) is 3.08. The molecule has 7 nitrogen and oxygen atoms in total. The van der Waals surface area contributed by atoms with Crippen LogP contribution in [0.15, 0.2) is 42.5 Å². The Morgan fingerprint density at radius 2 is 1.79 bits per heavy atom. The molecule has 1 N–H and O–H groups in total. The molecule has 0 aliphatic rings. The topological polar surface area (TPSA) is 92.8 Å². The molecule has 0 aliphatic heterocycles. The number of hydrogen-bond donors (Lipinski definition) is 1. The molecule has 10 heteroatoms. The second-order valence-electron chi connectivity index (χ2n) is 6.09. The zero-order valence-electron chi connectivity index (χ0n) is 15.8. The summed E-state index contributed by atoms with van der Waals surface area (Å²) in [7, 11) is -3.67. The molecule has 0 aromatic heterocycles.